The van der Waals surface area contributed by atoms with Crippen LogP contribution in [0.5, 0.6) is 0 Å². The van der Waals surface area contributed by atoms with Crippen molar-refractivity contribution in [2.24, 2.45) is 5.73 Å². The second kappa shape index (κ2) is 5.58. The number of aromatic nitrogens is 1. The van der Waals surface area contributed by atoms with E-state index in [1.54, 1.807) is 11.9 Å². The molecule has 0 radical (unpaired) electrons. The molecule has 1 unspecified atom stereocenters. The van der Waals surface area contributed by atoms with E-state index in [9.17, 15) is 9.59 Å². The van der Waals surface area contributed by atoms with Gasteiger partial charge in [0, 0.05) is 31.8 Å². The summed E-state index contributed by atoms with van der Waals surface area (Å²) in [5.74, 6) is -0.176. The van der Waals surface area contributed by atoms with Gasteiger partial charge in [-0.05, 0) is 13.0 Å². The van der Waals surface area contributed by atoms with Crippen LogP contribution in [0.4, 0.5) is 0 Å². The van der Waals surface area contributed by atoms with E-state index in [0.29, 0.717) is 17.0 Å². The molecule has 3 N–H and O–H groups in total. The Morgan fingerprint density at radius 1 is 1.59 bits per heavy atom. The highest BCUT2D eigenvalue weighted by atomic mass is 32.1. The Morgan fingerprint density at radius 2 is 2.24 bits per heavy atom. The molecule has 5 nitrogen and oxygen atoms in total. The first-order chi connectivity index (χ1) is 7.91. The normalized spacial score (nSPS) is 11.9. The molecule has 1 aromatic heterocycles. The first-order valence-electron chi connectivity index (χ1n) is 5.16. The molecule has 0 aromatic carbocycles. The van der Waals surface area contributed by atoms with Gasteiger partial charge in [0.2, 0.25) is 5.56 Å². The molecule has 0 bridgehead atoms. The molecule has 92 valence electrons. The van der Waals surface area contributed by atoms with Gasteiger partial charge in [-0.15, -0.1) is 0 Å². The lowest BCUT2D eigenvalue weighted by atomic mass is 10.1. The summed E-state index contributed by atoms with van der Waals surface area (Å²) in [4.78, 5) is 27.3. The highest BCUT2D eigenvalue weighted by Crippen LogP contribution is 2.07. The van der Waals surface area contributed by atoms with E-state index in [-0.39, 0.29) is 17.5 Å². The Balaban J connectivity index is 2.79. The Labute approximate surface area is 105 Å². The molecule has 1 atom stereocenters. The van der Waals surface area contributed by atoms with Crippen molar-refractivity contribution in [2.75, 3.05) is 7.05 Å². The number of rotatable bonds is 4. The van der Waals surface area contributed by atoms with Gasteiger partial charge in [0.15, 0.2) is 0 Å². The summed E-state index contributed by atoms with van der Waals surface area (Å²) >= 11 is 4.80. The SMILES string of the molecule is CC(CC(N)=S)N(C)C(=O)c1ccc(=O)[nH]c1. The third-order valence-electron chi connectivity index (χ3n) is 2.51. The first kappa shape index (κ1) is 13.4. The highest BCUT2D eigenvalue weighted by Gasteiger charge is 2.17. The van der Waals surface area contributed by atoms with Crippen LogP contribution in [0.15, 0.2) is 23.1 Å². The van der Waals surface area contributed by atoms with Gasteiger partial charge in [0.25, 0.3) is 5.91 Å². The van der Waals surface area contributed by atoms with Crippen LogP contribution in [0.1, 0.15) is 23.7 Å². The second-order valence-electron chi connectivity index (χ2n) is 3.88. The minimum absolute atomic E-state index is 0.0769. The van der Waals surface area contributed by atoms with Gasteiger partial charge in [-0.1, -0.05) is 12.2 Å². The van der Waals surface area contributed by atoms with Crippen LogP contribution in [0.3, 0.4) is 0 Å². The third kappa shape index (κ3) is 3.67. The van der Waals surface area contributed by atoms with Gasteiger partial charge in [-0.25, -0.2) is 0 Å². The minimum Gasteiger partial charge on any atom is -0.393 e. The quantitative estimate of drug-likeness (QED) is 0.766. The predicted molar refractivity (Wildman–Crippen MR) is 70.0 cm³/mol. The fourth-order valence-corrected chi connectivity index (χ4v) is 1.62. The average molecular weight is 253 g/mol. The van der Waals surface area contributed by atoms with E-state index in [0.717, 1.165) is 0 Å². The maximum atomic E-state index is 12.0. The lowest BCUT2D eigenvalue weighted by Crippen LogP contribution is -2.37. The average Bonchev–Trinajstić information content (AvgIpc) is 2.27. The van der Waals surface area contributed by atoms with E-state index >= 15 is 0 Å². The fraction of sp³-hybridized carbons (Fsp3) is 0.364. The van der Waals surface area contributed by atoms with E-state index in [4.69, 9.17) is 18.0 Å². The van der Waals surface area contributed by atoms with Crippen molar-refractivity contribution in [3.8, 4) is 0 Å². The second-order valence-corrected chi connectivity index (χ2v) is 4.40. The summed E-state index contributed by atoms with van der Waals surface area (Å²) in [6, 6.07) is 2.73. The number of nitrogens with two attached hydrogens (primary N) is 1. The lowest BCUT2D eigenvalue weighted by molar-refractivity contribution is 0.0747. The topological polar surface area (TPSA) is 79.2 Å². The van der Waals surface area contributed by atoms with Crippen molar-refractivity contribution in [2.45, 2.75) is 19.4 Å². The summed E-state index contributed by atoms with van der Waals surface area (Å²) in [6.45, 7) is 1.86. The number of aromatic amines is 1. The Morgan fingerprint density at radius 3 is 2.71 bits per heavy atom. The van der Waals surface area contributed by atoms with Crippen LogP contribution in [0.25, 0.3) is 0 Å². The lowest BCUT2D eigenvalue weighted by Gasteiger charge is -2.24. The first-order valence-corrected chi connectivity index (χ1v) is 5.57. The molecule has 1 heterocycles. The molecule has 1 rings (SSSR count). The van der Waals surface area contributed by atoms with Crippen molar-refractivity contribution in [1.29, 1.82) is 0 Å². The molecule has 0 saturated heterocycles. The Kier molecular flexibility index (Phi) is 4.39. The van der Waals surface area contributed by atoms with Crippen LogP contribution in [-0.4, -0.2) is 33.9 Å². The molecule has 0 aliphatic carbocycles. The van der Waals surface area contributed by atoms with Gasteiger partial charge in [0.05, 0.1) is 10.6 Å². The molecule has 6 heteroatoms. The number of pyridine rings is 1. The summed E-state index contributed by atoms with van der Waals surface area (Å²) in [6.07, 6.45) is 1.87. The zero-order valence-corrected chi connectivity index (χ0v) is 10.6. The monoisotopic (exact) mass is 253 g/mol. The minimum atomic E-state index is -0.236. The molecule has 17 heavy (non-hydrogen) atoms. The number of amides is 1. The van der Waals surface area contributed by atoms with E-state index in [1.807, 2.05) is 6.92 Å². The van der Waals surface area contributed by atoms with Crippen LogP contribution in [-0.2, 0) is 0 Å². The van der Waals surface area contributed by atoms with Gasteiger partial charge in [-0.2, -0.15) is 0 Å². The largest absolute Gasteiger partial charge is 0.393 e. The number of nitrogens with zero attached hydrogens (tertiary/aromatic N) is 1. The summed E-state index contributed by atoms with van der Waals surface area (Å²) in [7, 11) is 1.68. The maximum absolute atomic E-state index is 12.0. The number of carbonyl (C=O) groups is 1. The van der Waals surface area contributed by atoms with Gasteiger partial charge in [0.1, 0.15) is 0 Å². The predicted octanol–water partition coefficient (Wildman–Crippen LogP) is 0.512. The number of carbonyl (C=O) groups excluding carboxylic acids is 1. The standard InChI is InChI=1S/C11H15N3O2S/c1-7(5-9(12)17)14(2)11(16)8-3-4-10(15)13-6-8/h3-4,6-7H,5H2,1-2H3,(H2,12,17)(H,13,15). The molecule has 0 saturated carbocycles. The van der Waals surface area contributed by atoms with Gasteiger partial charge < -0.3 is 15.6 Å². The third-order valence-corrected chi connectivity index (χ3v) is 2.68. The number of thiocarbonyl (C=S) groups is 1. The molecule has 0 fully saturated rings. The van der Waals surface area contributed by atoms with Crippen molar-refractivity contribution in [3.63, 3.8) is 0 Å². The number of hydrogen-bond acceptors (Lipinski definition) is 3. The molecular weight excluding hydrogens is 238 g/mol. The Bertz CT molecular complexity index is 463. The van der Waals surface area contributed by atoms with E-state index in [2.05, 4.69) is 4.98 Å². The van der Waals surface area contributed by atoms with Gasteiger partial charge >= 0.3 is 0 Å². The summed E-state index contributed by atoms with van der Waals surface area (Å²) in [5.41, 5.74) is 5.63. The molecule has 1 aromatic rings. The highest BCUT2D eigenvalue weighted by molar-refractivity contribution is 7.80. The zero-order chi connectivity index (χ0) is 13.0. The van der Waals surface area contributed by atoms with Crippen molar-refractivity contribution in [1.82, 2.24) is 9.88 Å². The van der Waals surface area contributed by atoms with Crippen molar-refractivity contribution < 1.29 is 4.79 Å². The summed E-state index contributed by atoms with van der Waals surface area (Å²) in [5, 5.41) is 0. The molecule has 0 aliphatic heterocycles. The number of nitrogens with one attached hydrogen (secondary N) is 1. The smallest absolute Gasteiger partial charge is 0.255 e. The van der Waals surface area contributed by atoms with Crippen LogP contribution in [0.2, 0.25) is 0 Å². The number of hydrogen-bond donors (Lipinski definition) is 2. The Hall–Kier alpha value is -1.69. The van der Waals surface area contributed by atoms with Crippen molar-refractivity contribution in [3.05, 3.63) is 34.2 Å². The maximum Gasteiger partial charge on any atom is 0.255 e. The zero-order valence-electron chi connectivity index (χ0n) is 9.77. The van der Waals surface area contributed by atoms with Crippen LogP contribution in [0, 0.1) is 0 Å². The van der Waals surface area contributed by atoms with Crippen molar-refractivity contribution >= 4 is 23.1 Å². The number of H-pyrrole nitrogens is 1. The molecular formula is C11H15N3O2S. The van der Waals surface area contributed by atoms with Gasteiger partial charge in [-0.3, -0.25) is 9.59 Å². The van der Waals surface area contributed by atoms with E-state index < -0.39 is 0 Å². The molecule has 0 spiro atoms. The fourth-order valence-electron chi connectivity index (χ4n) is 1.38. The van der Waals surface area contributed by atoms with Crippen LogP contribution >= 0.6 is 12.2 Å². The van der Waals surface area contributed by atoms with Crippen LogP contribution < -0.4 is 11.3 Å². The molecule has 0 aliphatic rings. The summed E-state index contributed by atoms with van der Waals surface area (Å²) < 4.78 is 0. The van der Waals surface area contributed by atoms with E-state index in [1.165, 1.54) is 18.3 Å². The molecule has 1 amide bonds.